The molecule has 0 bridgehead atoms. The SMILES string of the molecule is CC1(C)c2cc(-n3c4ccccc4c4cc(-c5ccc(-c6cccc7ccccc67)cc5)ccc43)ccc2-c2c1ccc1c2sc2ccccc21. The highest BCUT2D eigenvalue weighted by Crippen LogP contribution is 2.54. The van der Waals surface area contributed by atoms with Gasteiger partial charge in [0, 0.05) is 47.6 Å². The highest BCUT2D eigenvalue weighted by Gasteiger charge is 2.37. The Morgan fingerprint density at radius 3 is 2.04 bits per heavy atom. The third-order valence-corrected chi connectivity index (χ3v) is 12.6. The maximum absolute atomic E-state index is 2.46. The molecule has 1 nitrogen and oxygen atoms in total. The summed E-state index contributed by atoms with van der Waals surface area (Å²) in [5.74, 6) is 0. The summed E-state index contributed by atoms with van der Waals surface area (Å²) in [5.41, 5.74) is 14.1. The van der Waals surface area contributed by atoms with Crippen molar-refractivity contribution in [2.75, 3.05) is 0 Å². The quantitative estimate of drug-likeness (QED) is 0.177. The van der Waals surface area contributed by atoms with E-state index >= 15 is 0 Å². The van der Waals surface area contributed by atoms with E-state index in [9.17, 15) is 0 Å². The van der Waals surface area contributed by atoms with Crippen molar-refractivity contribution in [1.82, 2.24) is 4.57 Å². The maximum Gasteiger partial charge on any atom is 0.0541 e. The van der Waals surface area contributed by atoms with Crippen LogP contribution in [0.3, 0.4) is 0 Å². The minimum Gasteiger partial charge on any atom is -0.309 e. The number of hydrogen-bond acceptors (Lipinski definition) is 1. The Balaban J connectivity index is 1.04. The smallest absolute Gasteiger partial charge is 0.0541 e. The van der Waals surface area contributed by atoms with Crippen LogP contribution >= 0.6 is 11.3 Å². The molecule has 0 fully saturated rings. The summed E-state index contributed by atoms with van der Waals surface area (Å²) in [7, 11) is 0. The van der Waals surface area contributed by atoms with Crippen molar-refractivity contribution in [3.63, 3.8) is 0 Å². The zero-order valence-electron chi connectivity index (χ0n) is 28.4. The Hall–Kier alpha value is -5.96. The number of nitrogens with zero attached hydrogens (tertiary/aromatic N) is 1. The lowest BCUT2D eigenvalue weighted by Gasteiger charge is -2.22. The van der Waals surface area contributed by atoms with Crippen molar-refractivity contribution in [3.05, 3.63) is 175 Å². The van der Waals surface area contributed by atoms with Gasteiger partial charge in [0.25, 0.3) is 0 Å². The van der Waals surface area contributed by atoms with Crippen LogP contribution in [0.5, 0.6) is 0 Å². The molecule has 8 aromatic carbocycles. The standard InChI is InChI=1S/C49H33NS/c1-49(2)42-26-25-39-38-14-6-8-17-46(38)51-48(39)47(42)40-24-23-34(29-43(40)49)50-44-16-7-5-13-37(44)41-28-33(22-27-45(41)50)30-18-20-32(21-19-30)36-15-9-11-31-10-3-4-12-35(31)36/h3-29H,1-2H3. The Kier molecular flexibility index (Phi) is 5.95. The van der Waals surface area contributed by atoms with E-state index in [1.807, 2.05) is 11.3 Å². The summed E-state index contributed by atoms with van der Waals surface area (Å²) in [5, 5.41) is 7.82. The molecule has 1 aliphatic rings. The van der Waals surface area contributed by atoms with E-state index in [0.717, 1.165) is 0 Å². The molecule has 0 spiro atoms. The van der Waals surface area contributed by atoms with Gasteiger partial charge in [-0.25, -0.2) is 0 Å². The molecule has 0 amide bonds. The van der Waals surface area contributed by atoms with Crippen molar-refractivity contribution >= 4 is 64.1 Å². The molecule has 2 heterocycles. The predicted molar refractivity (Wildman–Crippen MR) is 220 cm³/mol. The maximum atomic E-state index is 2.46. The van der Waals surface area contributed by atoms with Crippen LogP contribution in [0.15, 0.2) is 164 Å². The molecule has 51 heavy (non-hydrogen) atoms. The highest BCUT2D eigenvalue weighted by molar-refractivity contribution is 7.26. The number of hydrogen-bond donors (Lipinski definition) is 0. The lowest BCUT2D eigenvalue weighted by atomic mass is 9.82. The number of para-hydroxylation sites is 1. The predicted octanol–water partition coefficient (Wildman–Crippen LogP) is 13.9. The topological polar surface area (TPSA) is 4.93 Å². The third kappa shape index (κ3) is 4.08. The van der Waals surface area contributed by atoms with Gasteiger partial charge in [-0.05, 0) is 86.1 Å². The molecular formula is C49H33NS. The Morgan fingerprint density at radius 2 is 1.16 bits per heavy atom. The second-order valence-electron chi connectivity index (χ2n) is 14.5. The average Bonchev–Trinajstić information content (AvgIpc) is 3.80. The highest BCUT2D eigenvalue weighted by atomic mass is 32.1. The van der Waals surface area contributed by atoms with Crippen LogP contribution in [0.1, 0.15) is 25.0 Å². The van der Waals surface area contributed by atoms with Crippen LogP contribution in [0.2, 0.25) is 0 Å². The van der Waals surface area contributed by atoms with Gasteiger partial charge in [-0.2, -0.15) is 0 Å². The summed E-state index contributed by atoms with van der Waals surface area (Å²) >= 11 is 1.93. The van der Waals surface area contributed by atoms with Gasteiger partial charge < -0.3 is 4.57 Å². The summed E-state index contributed by atoms with van der Waals surface area (Å²) in [6.07, 6.45) is 0. The van der Waals surface area contributed by atoms with Gasteiger partial charge in [0.1, 0.15) is 0 Å². The van der Waals surface area contributed by atoms with Crippen LogP contribution in [0.4, 0.5) is 0 Å². The molecule has 0 aliphatic heterocycles. The van der Waals surface area contributed by atoms with Gasteiger partial charge in [-0.15, -0.1) is 11.3 Å². The van der Waals surface area contributed by atoms with E-state index in [1.54, 1.807) is 0 Å². The number of rotatable bonds is 3. The van der Waals surface area contributed by atoms with Gasteiger partial charge in [0.15, 0.2) is 0 Å². The van der Waals surface area contributed by atoms with E-state index in [2.05, 4.69) is 182 Å². The average molecular weight is 668 g/mol. The van der Waals surface area contributed by atoms with Crippen LogP contribution in [-0.2, 0) is 5.41 Å². The fourth-order valence-electron chi connectivity index (χ4n) is 8.88. The molecule has 2 aromatic heterocycles. The molecule has 1 aliphatic carbocycles. The van der Waals surface area contributed by atoms with Gasteiger partial charge in [-0.3, -0.25) is 0 Å². The van der Waals surface area contributed by atoms with Crippen LogP contribution in [0, 0.1) is 0 Å². The second-order valence-corrected chi connectivity index (χ2v) is 15.6. The van der Waals surface area contributed by atoms with Crippen molar-refractivity contribution in [1.29, 1.82) is 0 Å². The molecule has 0 atom stereocenters. The van der Waals surface area contributed by atoms with Crippen LogP contribution < -0.4 is 0 Å². The molecule has 0 unspecified atom stereocenters. The first-order valence-corrected chi connectivity index (χ1v) is 18.6. The van der Waals surface area contributed by atoms with E-state index in [4.69, 9.17) is 0 Å². The lowest BCUT2D eigenvalue weighted by Crippen LogP contribution is -2.15. The van der Waals surface area contributed by atoms with Gasteiger partial charge in [-0.1, -0.05) is 141 Å². The normalized spacial score (nSPS) is 13.5. The summed E-state index contributed by atoms with van der Waals surface area (Å²) in [6.45, 7) is 4.79. The molecule has 11 rings (SSSR count). The largest absolute Gasteiger partial charge is 0.309 e. The zero-order valence-corrected chi connectivity index (χ0v) is 29.3. The Bertz CT molecular complexity index is 3040. The van der Waals surface area contributed by atoms with Crippen LogP contribution in [0.25, 0.3) is 91.8 Å². The minimum atomic E-state index is -0.102. The van der Waals surface area contributed by atoms with Crippen molar-refractivity contribution in [2.24, 2.45) is 0 Å². The summed E-state index contributed by atoms with van der Waals surface area (Å²) in [4.78, 5) is 0. The zero-order chi connectivity index (χ0) is 33.8. The fourth-order valence-corrected chi connectivity index (χ4v) is 10.1. The van der Waals surface area contributed by atoms with Crippen molar-refractivity contribution < 1.29 is 0 Å². The van der Waals surface area contributed by atoms with E-state index < -0.39 is 0 Å². The molecule has 10 aromatic rings. The second kappa shape index (κ2) is 10.5. The van der Waals surface area contributed by atoms with E-state index in [-0.39, 0.29) is 5.41 Å². The fraction of sp³-hybridized carbons (Fsp3) is 0.0612. The third-order valence-electron chi connectivity index (χ3n) is 11.4. The molecule has 0 N–H and O–H groups in total. The Labute approximate surface area is 300 Å². The molecule has 0 saturated carbocycles. The lowest BCUT2D eigenvalue weighted by molar-refractivity contribution is 0.660. The van der Waals surface area contributed by atoms with Gasteiger partial charge in [0.2, 0.25) is 0 Å². The number of fused-ring (bicyclic) bond motifs is 11. The van der Waals surface area contributed by atoms with Crippen molar-refractivity contribution in [2.45, 2.75) is 19.3 Å². The number of thiophene rings is 1. The first-order chi connectivity index (χ1) is 25.0. The minimum absolute atomic E-state index is 0.102. The summed E-state index contributed by atoms with van der Waals surface area (Å²) < 4.78 is 5.23. The Morgan fingerprint density at radius 1 is 0.451 bits per heavy atom. The first-order valence-electron chi connectivity index (χ1n) is 17.8. The first kappa shape index (κ1) is 28.8. The van der Waals surface area contributed by atoms with E-state index in [1.165, 1.54) is 103 Å². The molecule has 0 saturated heterocycles. The molecular weight excluding hydrogens is 635 g/mol. The summed E-state index contributed by atoms with van der Waals surface area (Å²) in [6, 6.07) is 60.8. The van der Waals surface area contributed by atoms with Gasteiger partial charge in [0.05, 0.1) is 11.0 Å². The number of aromatic nitrogens is 1. The molecule has 2 heteroatoms. The van der Waals surface area contributed by atoms with Crippen LogP contribution in [-0.4, -0.2) is 4.57 Å². The monoisotopic (exact) mass is 667 g/mol. The number of benzene rings is 8. The molecule has 240 valence electrons. The van der Waals surface area contributed by atoms with Gasteiger partial charge >= 0.3 is 0 Å². The molecule has 0 radical (unpaired) electrons. The van der Waals surface area contributed by atoms with Crippen molar-refractivity contribution in [3.8, 4) is 39.1 Å². The van der Waals surface area contributed by atoms with E-state index in [0.29, 0.717) is 0 Å².